The summed E-state index contributed by atoms with van der Waals surface area (Å²) in [6.45, 7) is 8.46. The highest BCUT2D eigenvalue weighted by Gasteiger charge is 2.16. The van der Waals surface area contributed by atoms with Gasteiger partial charge in [0.25, 0.3) is 0 Å². The van der Waals surface area contributed by atoms with Crippen molar-refractivity contribution < 1.29 is 0 Å². The molecular formula is C101H85N3. The first-order valence-corrected chi connectivity index (χ1v) is 35.8. The number of anilines is 6. The third kappa shape index (κ3) is 16.7. The van der Waals surface area contributed by atoms with Gasteiger partial charge in [0, 0.05) is 63.0 Å². The molecule has 0 unspecified atom stereocenters. The largest absolute Gasteiger partial charge is 0.344 e. The van der Waals surface area contributed by atoms with Crippen molar-refractivity contribution in [2.24, 2.45) is 7.05 Å². The average Bonchev–Trinajstić information content (AvgIpc) is 1.06. The number of para-hydroxylation sites is 5. The quantitative estimate of drug-likeness (QED) is 0.0892. The zero-order valence-electron chi connectivity index (χ0n) is 59.8. The molecule has 0 atom stereocenters. The molecule has 0 N–H and O–H groups in total. The van der Waals surface area contributed by atoms with Crippen molar-refractivity contribution in [3.63, 3.8) is 0 Å². The second kappa shape index (κ2) is 34.3. The fourth-order valence-electron chi connectivity index (χ4n) is 13.6. The Morgan fingerprint density at radius 3 is 1.03 bits per heavy atom. The molecule has 0 aliphatic carbocycles. The lowest BCUT2D eigenvalue weighted by molar-refractivity contribution is 1.01. The number of aromatic nitrogens is 1. The molecule has 17 aromatic rings. The van der Waals surface area contributed by atoms with Crippen molar-refractivity contribution in [2.45, 2.75) is 27.7 Å². The van der Waals surface area contributed by atoms with Crippen LogP contribution in [-0.2, 0) is 7.05 Å². The molecule has 0 amide bonds. The Balaban J connectivity index is 0.000000118. The third-order valence-corrected chi connectivity index (χ3v) is 18.8. The summed E-state index contributed by atoms with van der Waals surface area (Å²) in [5, 5.41) is 10.6. The molecule has 3 heteroatoms. The van der Waals surface area contributed by atoms with Gasteiger partial charge in [0.1, 0.15) is 0 Å². The van der Waals surface area contributed by atoms with E-state index >= 15 is 0 Å². The maximum Gasteiger partial charge on any atom is 0.0488 e. The molecule has 1 heterocycles. The number of rotatable bonds is 12. The fourth-order valence-corrected chi connectivity index (χ4v) is 13.6. The van der Waals surface area contributed by atoms with Gasteiger partial charge in [-0.25, -0.2) is 0 Å². The van der Waals surface area contributed by atoms with Crippen molar-refractivity contribution in [3.05, 3.63) is 445 Å². The summed E-state index contributed by atoms with van der Waals surface area (Å²) in [5.74, 6) is 0. The highest BCUT2D eigenvalue weighted by Crippen LogP contribution is 2.41. The summed E-state index contributed by atoms with van der Waals surface area (Å²) in [7, 11) is 2.12. The van der Waals surface area contributed by atoms with Crippen molar-refractivity contribution in [3.8, 4) is 11.1 Å². The second-order valence-electron chi connectivity index (χ2n) is 25.6. The predicted molar refractivity (Wildman–Crippen MR) is 452 cm³/mol. The molecule has 0 spiro atoms. The van der Waals surface area contributed by atoms with E-state index < -0.39 is 0 Å². The van der Waals surface area contributed by atoms with E-state index in [1.807, 2.05) is 43.3 Å². The van der Waals surface area contributed by atoms with Crippen LogP contribution in [0.2, 0.25) is 0 Å². The molecule has 17 rings (SSSR count). The summed E-state index contributed by atoms with van der Waals surface area (Å²) < 4.78 is 2.24. The van der Waals surface area contributed by atoms with Gasteiger partial charge in [0.2, 0.25) is 0 Å². The average molecular weight is 1340 g/mol. The van der Waals surface area contributed by atoms with Crippen molar-refractivity contribution in [1.29, 1.82) is 0 Å². The molecule has 0 saturated heterocycles. The number of hydrogen-bond acceptors (Lipinski definition) is 2. The topological polar surface area (TPSA) is 11.4 Å². The van der Waals surface area contributed by atoms with E-state index in [0.717, 1.165) is 34.1 Å². The van der Waals surface area contributed by atoms with Crippen LogP contribution >= 0.6 is 0 Å². The van der Waals surface area contributed by atoms with Crippen LogP contribution in [0.4, 0.5) is 34.1 Å². The van der Waals surface area contributed by atoms with Crippen molar-refractivity contribution >= 4 is 112 Å². The number of fused-ring (bicyclic) bond motifs is 6. The molecule has 16 aromatic carbocycles. The normalized spacial score (nSPS) is 10.9. The Morgan fingerprint density at radius 2 is 0.606 bits per heavy atom. The lowest BCUT2D eigenvalue weighted by atomic mass is 9.88. The molecule has 0 bridgehead atoms. The van der Waals surface area contributed by atoms with Crippen LogP contribution < -0.4 is 9.80 Å². The van der Waals surface area contributed by atoms with Gasteiger partial charge < -0.3 is 14.4 Å². The molecule has 0 fully saturated rings. The maximum absolute atomic E-state index is 2.32. The highest BCUT2D eigenvalue weighted by molar-refractivity contribution is 6.15. The summed E-state index contributed by atoms with van der Waals surface area (Å²) >= 11 is 0. The molecular weight excluding hydrogens is 1260 g/mol. The van der Waals surface area contributed by atoms with Gasteiger partial charge in [-0.15, -0.1) is 0 Å². The Labute approximate surface area is 613 Å². The minimum atomic E-state index is 1.15. The standard InChI is InChI=1S/C27H23N.C25H18.C21H19N.C15H14.C13H11N/c1-22-12-18-26(19-13-22)28(25-10-6-3-7-11-25)27-20-16-24(17-21-27)15-14-23-8-4-2-5-9-23;1-17-21-10-4-6-12-23(21)25(24-13-7-5-11-22(17)24)20-15-14-18-8-2-3-9-19(18)16-20;1-2-9-18-14-16-21(17-15-18)22(19-10-5-3-6-11-19)20-12-7-4-8-13-20;1-2-15(13-9-5-3-6-10-13)14-11-7-4-8-12-14;1-14-12-8-4-2-6-10(12)11-7-3-5-9-13(11)14/h2-21H,1H3;2-16H,1H3;2-17H,1H3;2-12H,1H3;2-9H,1H3/b15-14+;;9-2+;;. The van der Waals surface area contributed by atoms with Gasteiger partial charge in [-0.1, -0.05) is 339 Å². The summed E-state index contributed by atoms with van der Waals surface area (Å²) in [5.41, 5.74) is 22.2. The SMILES string of the molecule is C/C=C/c1ccc(N(c2ccccc2)c2ccccc2)cc1.CC=C(c1ccccc1)c1ccccc1.Cc1c2ccccc2c(-c2ccc3ccccc3c2)c2ccccc12.Cc1ccc(N(c2ccccc2)c2ccc(/C=C/c3ccccc3)cc2)cc1.Cn1c2ccccc2c2ccccc21. The zero-order valence-corrected chi connectivity index (χ0v) is 59.8. The first-order valence-electron chi connectivity index (χ1n) is 35.8. The van der Waals surface area contributed by atoms with Gasteiger partial charge in [-0.05, 0) is 201 Å². The van der Waals surface area contributed by atoms with E-state index in [-0.39, 0.29) is 0 Å². The van der Waals surface area contributed by atoms with Crippen LogP contribution in [0.5, 0.6) is 0 Å². The van der Waals surface area contributed by atoms with Crippen LogP contribution in [0.25, 0.3) is 89.1 Å². The minimum absolute atomic E-state index is 1.15. The zero-order chi connectivity index (χ0) is 71.2. The first-order chi connectivity index (χ1) is 51.3. The van der Waals surface area contributed by atoms with Crippen LogP contribution in [0, 0.1) is 13.8 Å². The van der Waals surface area contributed by atoms with Gasteiger partial charge in [-0.3, -0.25) is 0 Å². The summed E-state index contributed by atoms with van der Waals surface area (Å²) in [6, 6.07) is 139. The molecule has 3 nitrogen and oxygen atoms in total. The van der Waals surface area contributed by atoms with Gasteiger partial charge in [0.05, 0.1) is 0 Å². The Kier molecular flexibility index (Phi) is 22.9. The van der Waals surface area contributed by atoms with Crippen molar-refractivity contribution in [1.82, 2.24) is 4.57 Å². The van der Waals surface area contributed by atoms with Gasteiger partial charge in [0.15, 0.2) is 0 Å². The van der Waals surface area contributed by atoms with Crippen LogP contribution in [0.15, 0.2) is 406 Å². The van der Waals surface area contributed by atoms with E-state index in [9.17, 15) is 0 Å². The molecule has 104 heavy (non-hydrogen) atoms. The monoisotopic (exact) mass is 1340 g/mol. The van der Waals surface area contributed by atoms with Gasteiger partial charge in [-0.2, -0.15) is 0 Å². The van der Waals surface area contributed by atoms with E-state index in [1.165, 1.54) is 110 Å². The molecule has 0 aliphatic heterocycles. The maximum atomic E-state index is 2.32. The fraction of sp³-hybridized carbons (Fsp3) is 0.0495. The number of aryl methyl sites for hydroxylation is 3. The number of allylic oxidation sites excluding steroid dienone is 2. The van der Waals surface area contributed by atoms with Crippen LogP contribution in [-0.4, -0.2) is 4.57 Å². The lowest BCUT2D eigenvalue weighted by Gasteiger charge is -2.25. The van der Waals surface area contributed by atoms with Crippen molar-refractivity contribution in [2.75, 3.05) is 9.80 Å². The summed E-state index contributed by atoms with van der Waals surface area (Å²) in [6.07, 6.45) is 10.6. The van der Waals surface area contributed by atoms with E-state index in [4.69, 9.17) is 0 Å². The van der Waals surface area contributed by atoms with E-state index in [0.29, 0.717) is 0 Å². The number of benzene rings is 16. The third-order valence-electron chi connectivity index (χ3n) is 18.8. The second-order valence-corrected chi connectivity index (χ2v) is 25.6. The first kappa shape index (κ1) is 69.4. The van der Waals surface area contributed by atoms with E-state index in [2.05, 4.69) is 430 Å². The molecule has 0 aliphatic rings. The molecule has 0 saturated carbocycles. The number of hydrogen-bond donors (Lipinski definition) is 0. The summed E-state index contributed by atoms with van der Waals surface area (Å²) in [4.78, 5) is 4.55. The van der Waals surface area contributed by atoms with Gasteiger partial charge >= 0.3 is 0 Å². The smallest absolute Gasteiger partial charge is 0.0488 e. The Morgan fingerprint density at radius 1 is 0.279 bits per heavy atom. The molecule has 504 valence electrons. The minimum Gasteiger partial charge on any atom is -0.344 e. The Bertz CT molecular complexity index is 5480. The predicted octanol–water partition coefficient (Wildman–Crippen LogP) is 28.4. The lowest BCUT2D eigenvalue weighted by Crippen LogP contribution is -2.09. The van der Waals surface area contributed by atoms with Crippen LogP contribution in [0.3, 0.4) is 0 Å². The Hall–Kier alpha value is -13.1. The molecule has 0 radical (unpaired) electrons. The molecule has 1 aromatic heterocycles. The number of nitrogens with zero attached hydrogens (tertiary/aromatic N) is 3. The van der Waals surface area contributed by atoms with E-state index in [1.54, 1.807) is 0 Å². The van der Waals surface area contributed by atoms with Crippen LogP contribution in [0.1, 0.15) is 52.8 Å². The highest BCUT2D eigenvalue weighted by atomic mass is 15.1.